The van der Waals surface area contributed by atoms with Gasteiger partial charge in [-0.1, -0.05) is 30.3 Å². The van der Waals surface area contributed by atoms with E-state index in [2.05, 4.69) is 9.98 Å². The monoisotopic (exact) mass is 352 g/mol. The number of nitrogen functional groups attached to an aromatic ring is 1. The van der Waals surface area contributed by atoms with Crippen LogP contribution >= 0.6 is 0 Å². The van der Waals surface area contributed by atoms with Crippen LogP contribution in [0.5, 0.6) is 5.75 Å². The van der Waals surface area contributed by atoms with Crippen LogP contribution in [0.3, 0.4) is 0 Å². The minimum Gasteiger partial charge on any atom is -0.491 e. The van der Waals surface area contributed by atoms with Crippen molar-refractivity contribution in [1.29, 1.82) is 0 Å². The molecule has 0 aliphatic carbocycles. The molecule has 1 atom stereocenters. The standard InChI is InChI=1S/C19H24N6O/c1-19(12-7-13-26-16-11-6-5-10-15(16)20)24-17(21)23-18(22)25(19)14-8-3-2-4-9-14/h2-6,8-11H,7,12-13,20H2,1H3,(H4,21,22,23,24). The van der Waals surface area contributed by atoms with Crippen LogP contribution in [0.4, 0.5) is 11.4 Å². The summed E-state index contributed by atoms with van der Waals surface area (Å²) in [6.45, 7) is 2.50. The number of aliphatic imine (C=N–C) groups is 2. The number of nitrogens with two attached hydrogens (primary N) is 3. The fraction of sp³-hybridized carbons (Fsp3) is 0.263. The van der Waals surface area contributed by atoms with Gasteiger partial charge in [0.25, 0.3) is 0 Å². The SMILES string of the molecule is CC1(CCCOc2ccccc2N)N=C(N)N=C(N)N1c1ccccc1. The summed E-state index contributed by atoms with van der Waals surface area (Å²) in [6, 6.07) is 17.2. The van der Waals surface area contributed by atoms with Crippen LogP contribution in [-0.2, 0) is 0 Å². The van der Waals surface area contributed by atoms with E-state index in [4.69, 9.17) is 21.9 Å². The highest BCUT2D eigenvalue weighted by atomic mass is 16.5. The zero-order valence-corrected chi connectivity index (χ0v) is 14.8. The highest BCUT2D eigenvalue weighted by Crippen LogP contribution is 2.31. The average molecular weight is 352 g/mol. The molecule has 7 nitrogen and oxygen atoms in total. The maximum Gasteiger partial charge on any atom is 0.220 e. The number of rotatable bonds is 6. The van der Waals surface area contributed by atoms with Gasteiger partial charge < -0.3 is 21.9 Å². The maximum atomic E-state index is 6.16. The normalized spacial score (nSPS) is 19.7. The number of para-hydroxylation sites is 3. The van der Waals surface area contributed by atoms with E-state index in [0.29, 0.717) is 30.4 Å². The fourth-order valence-corrected chi connectivity index (χ4v) is 3.09. The molecule has 0 aromatic heterocycles. The molecule has 1 unspecified atom stereocenters. The van der Waals surface area contributed by atoms with Gasteiger partial charge in [0.1, 0.15) is 11.4 Å². The van der Waals surface area contributed by atoms with Crippen LogP contribution in [0.15, 0.2) is 64.6 Å². The summed E-state index contributed by atoms with van der Waals surface area (Å²) in [4.78, 5) is 10.6. The molecular formula is C19H24N6O. The third kappa shape index (κ3) is 3.72. The molecule has 26 heavy (non-hydrogen) atoms. The molecule has 0 bridgehead atoms. The van der Waals surface area contributed by atoms with Gasteiger partial charge in [0.05, 0.1) is 12.3 Å². The lowest BCUT2D eigenvalue weighted by atomic mass is 10.0. The van der Waals surface area contributed by atoms with E-state index in [9.17, 15) is 0 Å². The van der Waals surface area contributed by atoms with Gasteiger partial charge in [-0.05, 0) is 44.0 Å². The van der Waals surface area contributed by atoms with Crippen LogP contribution in [0.2, 0.25) is 0 Å². The largest absolute Gasteiger partial charge is 0.491 e. The molecule has 1 aliphatic heterocycles. The minimum absolute atomic E-state index is 0.186. The van der Waals surface area contributed by atoms with Gasteiger partial charge in [0.15, 0.2) is 0 Å². The van der Waals surface area contributed by atoms with E-state index < -0.39 is 5.66 Å². The molecule has 0 radical (unpaired) electrons. The lowest BCUT2D eigenvalue weighted by Gasteiger charge is -2.41. The Labute approximate surface area is 153 Å². The third-order valence-electron chi connectivity index (χ3n) is 4.28. The highest BCUT2D eigenvalue weighted by Gasteiger charge is 2.37. The van der Waals surface area contributed by atoms with Crippen molar-refractivity contribution >= 4 is 23.3 Å². The Morgan fingerprint density at radius 2 is 1.69 bits per heavy atom. The first-order valence-electron chi connectivity index (χ1n) is 8.52. The highest BCUT2D eigenvalue weighted by molar-refractivity contribution is 6.05. The first-order chi connectivity index (χ1) is 12.5. The minimum atomic E-state index is -0.636. The van der Waals surface area contributed by atoms with Crippen LogP contribution < -0.4 is 26.8 Å². The Kier molecular flexibility index (Phi) is 4.97. The van der Waals surface area contributed by atoms with Gasteiger partial charge >= 0.3 is 0 Å². The predicted molar refractivity (Wildman–Crippen MR) is 106 cm³/mol. The molecular weight excluding hydrogens is 328 g/mol. The van der Waals surface area contributed by atoms with Crippen molar-refractivity contribution in [2.45, 2.75) is 25.4 Å². The number of ether oxygens (including phenoxy) is 1. The summed E-state index contributed by atoms with van der Waals surface area (Å²) in [5.74, 6) is 1.20. The molecule has 0 spiro atoms. The maximum absolute atomic E-state index is 6.16. The van der Waals surface area contributed by atoms with E-state index in [1.807, 2.05) is 66.4 Å². The van der Waals surface area contributed by atoms with E-state index in [-0.39, 0.29) is 5.96 Å². The summed E-state index contributed by atoms with van der Waals surface area (Å²) in [5, 5.41) is 0. The van der Waals surface area contributed by atoms with Gasteiger partial charge in [-0.25, -0.2) is 4.99 Å². The fourth-order valence-electron chi connectivity index (χ4n) is 3.09. The molecule has 136 valence electrons. The number of hydrogen-bond donors (Lipinski definition) is 3. The molecule has 1 heterocycles. The second-order valence-electron chi connectivity index (χ2n) is 6.32. The van der Waals surface area contributed by atoms with E-state index in [0.717, 1.165) is 12.1 Å². The Morgan fingerprint density at radius 1 is 1.00 bits per heavy atom. The summed E-state index contributed by atoms with van der Waals surface area (Å²) in [7, 11) is 0. The van der Waals surface area contributed by atoms with Crippen LogP contribution in [0.1, 0.15) is 19.8 Å². The molecule has 1 aliphatic rings. The molecule has 7 heteroatoms. The Balaban J connectivity index is 1.71. The number of hydrogen-bond acceptors (Lipinski definition) is 7. The van der Waals surface area contributed by atoms with Crippen LogP contribution in [0, 0.1) is 0 Å². The van der Waals surface area contributed by atoms with Crippen molar-refractivity contribution in [1.82, 2.24) is 0 Å². The van der Waals surface area contributed by atoms with Crippen molar-refractivity contribution in [2.24, 2.45) is 21.5 Å². The van der Waals surface area contributed by atoms with E-state index in [1.54, 1.807) is 0 Å². The average Bonchev–Trinajstić information content (AvgIpc) is 2.60. The summed E-state index contributed by atoms with van der Waals surface area (Å²) < 4.78 is 5.78. The number of nitrogens with zero attached hydrogens (tertiary/aromatic N) is 3. The molecule has 0 saturated carbocycles. The van der Waals surface area contributed by atoms with Crippen LogP contribution in [-0.4, -0.2) is 24.2 Å². The second-order valence-corrected chi connectivity index (χ2v) is 6.32. The van der Waals surface area contributed by atoms with Crippen molar-refractivity contribution in [2.75, 3.05) is 17.2 Å². The van der Waals surface area contributed by atoms with Gasteiger partial charge in [0.2, 0.25) is 11.9 Å². The zero-order valence-electron chi connectivity index (χ0n) is 14.8. The Hall–Kier alpha value is -3.22. The smallest absolute Gasteiger partial charge is 0.220 e. The molecule has 0 amide bonds. The quantitative estimate of drug-likeness (QED) is 0.545. The topological polar surface area (TPSA) is 115 Å². The van der Waals surface area contributed by atoms with E-state index >= 15 is 0 Å². The molecule has 0 saturated heterocycles. The van der Waals surface area contributed by atoms with Crippen molar-refractivity contribution in [3.05, 3.63) is 54.6 Å². The lowest BCUT2D eigenvalue weighted by Crippen LogP contribution is -2.56. The number of benzene rings is 2. The zero-order chi connectivity index (χ0) is 18.6. The van der Waals surface area contributed by atoms with Crippen molar-refractivity contribution in [3.8, 4) is 5.75 Å². The van der Waals surface area contributed by atoms with E-state index in [1.165, 1.54) is 0 Å². The first-order valence-corrected chi connectivity index (χ1v) is 8.52. The third-order valence-corrected chi connectivity index (χ3v) is 4.28. The Bertz CT molecular complexity index is 820. The number of guanidine groups is 2. The molecule has 2 aromatic rings. The number of anilines is 2. The molecule has 6 N–H and O–H groups in total. The summed E-state index contributed by atoms with van der Waals surface area (Å²) in [6.07, 6.45) is 1.43. The molecule has 3 rings (SSSR count). The van der Waals surface area contributed by atoms with Crippen molar-refractivity contribution in [3.63, 3.8) is 0 Å². The summed E-state index contributed by atoms with van der Waals surface area (Å²) in [5.41, 5.74) is 18.8. The van der Waals surface area contributed by atoms with Gasteiger partial charge in [-0.2, -0.15) is 4.99 Å². The molecule has 0 fully saturated rings. The lowest BCUT2D eigenvalue weighted by molar-refractivity contribution is 0.288. The summed E-state index contributed by atoms with van der Waals surface area (Å²) >= 11 is 0. The van der Waals surface area contributed by atoms with Crippen molar-refractivity contribution < 1.29 is 4.74 Å². The second kappa shape index (κ2) is 7.35. The van der Waals surface area contributed by atoms with Gasteiger partial charge in [-0.15, -0.1) is 0 Å². The van der Waals surface area contributed by atoms with Gasteiger partial charge in [0, 0.05) is 5.69 Å². The Morgan fingerprint density at radius 3 is 2.42 bits per heavy atom. The predicted octanol–water partition coefficient (Wildman–Crippen LogP) is 2.29. The van der Waals surface area contributed by atoms with Gasteiger partial charge in [-0.3, -0.25) is 4.90 Å². The molecule has 2 aromatic carbocycles. The first kappa shape index (κ1) is 17.6. The van der Waals surface area contributed by atoms with Crippen LogP contribution in [0.25, 0.3) is 0 Å².